The number of nitrogens with zero attached hydrogens (tertiary/aromatic N) is 2. The molecule has 3 N–H and O–H groups in total. The molecule has 0 aromatic carbocycles. The standard InChI is InChI=1S/C12H21N3O2/c1-10(2)15(6-8-17-9-7-16)11-4-3-5-14-12(11)13/h3-5,10,16H,6-9H2,1-2H3,(H2,13,14). The van der Waals surface area contributed by atoms with Crippen LogP contribution in [-0.4, -0.2) is 42.5 Å². The fourth-order valence-corrected chi connectivity index (χ4v) is 1.64. The van der Waals surface area contributed by atoms with Crippen LogP contribution in [0.25, 0.3) is 0 Å². The summed E-state index contributed by atoms with van der Waals surface area (Å²) in [5, 5.41) is 8.63. The first kappa shape index (κ1) is 13.7. The number of nitrogen functional groups attached to an aromatic ring is 1. The van der Waals surface area contributed by atoms with Gasteiger partial charge in [-0.05, 0) is 26.0 Å². The highest BCUT2D eigenvalue weighted by Gasteiger charge is 2.13. The van der Waals surface area contributed by atoms with Crippen molar-refractivity contribution in [1.82, 2.24) is 4.98 Å². The Kier molecular flexibility index (Phi) is 5.72. The average Bonchev–Trinajstić information content (AvgIpc) is 2.30. The topological polar surface area (TPSA) is 71.6 Å². The maximum atomic E-state index is 8.63. The molecule has 0 aliphatic heterocycles. The normalized spacial score (nSPS) is 10.8. The van der Waals surface area contributed by atoms with Gasteiger partial charge in [0, 0.05) is 18.8 Å². The van der Waals surface area contributed by atoms with Crippen molar-refractivity contribution in [3.05, 3.63) is 18.3 Å². The van der Waals surface area contributed by atoms with E-state index in [0.29, 0.717) is 25.1 Å². The van der Waals surface area contributed by atoms with Gasteiger partial charge in [-0.3, -0.25) is 0 Å². The van der Waals surface area contributed by atoms with E-state index in [9.17, 15) is 0 Å². The third kappa shape index (κ3) is 4.20. The molecule has 0 spiro atoms. The number of hydrogen-bond donors (Lipinski definition) is 2. The average molecular weight is 239 g/mol. The van der Waals surface area contributed by atoms with Gasteiger partial charge in [0.15, 0.2) is 0 Å². The van der Waals surface area contributed by atoms with Gasteiger partial charge >= 0.3 is 0 Å². The summed E-state index contributed by atoms with van der Waals surface area (Å²) in [7, 11) is 0. The molecule has 0 radical (unpaired) electrons. The molecule has 0 atom stereocenters. The maximum Gasteiger partial charge on any atom is 0.146 e. The Hall–Kier alpha value is -1.33. The van der Waals surface area contributed by atoms with Gasteiger partial charge in [0.25, 0.3) is 0 Å². The molecule has 0 bridgehead atoms. The van der Waals surface area contributed by atoms with E-state index < -0.39 is 0 Å². The van der Waals surface area contributed by atoms with E-state index in [2.05, 4.69) is 23.7 Å². The molecule has 0 amide bonds. The zero-order chi connectivity index (χ0) is 12.7. The maximum absolute atomic E-state index is 8.63. The van der Waals surface area contributed by atoms with E-state index in [1.165, 1.54) is 0 Å². The number of nitrogens with two attached hydrogens (primary N) is 1. The minimum atomic E-state index is 0.0523. The number of aliphatic hydroxyl groups excluding tert-OH is 1. The smallest absolute Gasteiger partial charge is 0.146 e. The molecule has 5 nitrogen and oxygen atoms in total. The molecule has 0 unspecified atom stereocenters. The van der Waals surface area contributed by atoms with Gasteiger partial charge < -0.3 is 20.5 Å². The van der Waals surface area contributed by atoms with Crippen LogP contribution in [-0.2, 0) is 4.74 Å². The Balaban J connectivity index is 2.63. The number of hydrogen-bond acceptors (Lipinski definition) is 5. The van der Waals surface area contributed by atoms with Gasteiger partial charge in [-0.25, -0.2) is 4.98 Å². The van der Waals surface area contributed by atoms with E-state index in [1.807, 2.05) is 12.1 Å². The summed E-state index contributed by atoms with van der Waals surface area (Å²) < 4.78 is 5.27. The SMILES string of the molecule is CC(C)N(CCOCCO)c1cccnc1N. The molecule has 5 heteroatoms. The molecule has 0 fully saturated rings. The zero-order valence-corrected chi connectivity index (χ0v) is 10.5. The molecule has 1 rings (SSSR count). The van der Waals surface area contributed by atoms with Crippen molar-refractivity contribution >= 4 is 11.5 Å². The molecule has 0 aliphatic carbocycles. The van der Waals surface area contributed by atoms with Crippen LogP contribution < -0.4 is 10.6 Å². The number of rotatable bonds is 7. The molecule has 17 heavy (non-hydrogen) atoms. The van der Waals surface area contributed by atoms with Gasteiger partial charge in [-0.2, -0.15) is 0 Å². The van der Waals surface area contributed by atoms with Crippen molar-refractivity contribution in [2.45, 2.75) is 19.9 Å². The molecular formula is C12H21N3O2. The second kappa shape index (κ2) is 7.09. The minimum absolute atomic E-state index is 0.0523. The van der Waals surface area contributed by atoms with Gasteiger partial charge in [-0.1, -0.05) is 0 Å². The highest BCUT2D eigenvalue weighted by Crippen LogP contribution is 2.21. The van der Waals surface area contributed by atoms with Crippen LogP contribution in [0, 0.1) is 0 Å². The van der Waals surface area contributed by atoms with Crippen LogP contribution in [0.3, 0.4) is 0 Å². The van der Waals surface area contributed by atoms with Crippen LogP contribution in [0.15, 0.2) is 18.3 Å². The Morgan fingerprint density at radius 1 is 1.47 bits per heavy atom. The largest absolute Gasteiger partial charge is 0.394 e. The van der Waals surface area contributed by atoms with Crippen LogP contribution in [0.2, 0.25) is 0 Å². The first-order valence-electron chi connectivity index (χ1n) is 5.82. The van der Waals surface area contributed by atoms with E-state index in [1.54, 1.807) is 6.20 Å². The minimum Gasteiger partial charge on any atom is -0.394 e. The van der Waals surface area contributed by atoms with Crippen LogP contribution in [0.5, 0.6) is 0 Å². The molecule has 0 saturated carbocycles. The Morgan fingerprint density at radius 2 is 2.24 bits per heavy atom. The monoisotopic (exact) mass is 239 g/mol. The van der Waals surface area contributed by atoms with Crippen molar-refractivity contribution in [1.29, 1.82) is 0 Å². The molecule has 1 heterocycles. The first-order valence-corrected chi connectivity index (χ1v) is 5.82. The van der Waals surface area contributed by atoms with Gasteiger partial charge in [0.2, 0.25) is 0 Å². The molecule has 1 aromatic rings. The Labute approximate surface area is 102 Å². The van der Waals surface area contributed by atoms with Crippen molar-refractivity contribution < 1.29 is 9.84 Å². The quantitative estimate of drug-likeness (QED) is 0.691. The van der Waals surface area contributed by atoms with Gasteiger partial charge in [0.05, 0.1) is 25.5 Å². The lowest BCUT2D eigenvalue weighted by Crippen LogP contribution is -2.34. The molecular weight excluding hydrogens is 218 g/mol. The van der Waals surface area contributed by atoms with E-state index in [4.69, 9.17) is 15.6 Å². The van der Waals surface area contributed by atoms with Gasteiger partial charge in [0.1, 0.15) is 5.82 Å². The summed E-state index contributed by atoms with van der Waals surface area (Å²) in [4.78, 5) is 6.22. The number of aromatic nitrogens is 1. The summed E-state index contributed by atoms with van der Waals surface area (Å²) in [6.07, 6.45) is 1.68. The Morgan fingerprint density at radius 3 is 2.82 bits per heavy atom. The number of ether oxygens (including phenoxy) is 1. The fourth-order valence-electron chi connectivity index (χ4n) is 1.64. The van der Waals surface area contributed by atoms with Gasteiger partial charge in [-0.15, -0.1) is 0 Å². The molecule has 96 valence electrons. The van der Waals surface area contributed by atoms with E-state index >= 15 is 0 Å². The summed E-state index contributed by atoms with van der Waals surface area (Å²) in [5.74, 6) is 0.531. The number of pyridine rings is 1. The fraction of sp³-hybridized carbons (Fsp3) is 0.583. The number of aliphatic hydroxyl groups is 1. The van der Waals surface area contributed by atoms with Crippen molar-refractivity contribution in [2.24, 2.45) is 0 Å². The van der Waals surface area contributed by atoms with Crippen LogP contribution in [0.4, 0.5) is 11.5 Å². The third-order valence-corrected chi connectivity index (χ3v) is 2.46. The summed E-state index contributed by atoms with van der Waals surface area (Å²) in [6, 6.07) is 4.14. The van der Waals surface area contributed by atoms with Crippen molar-refractivity contribution in [2.75, 3.05) is 37.0 Å². The first-order chi connectivity index (χ1) is 8.16. The summed E-state index contributed by atoms with van der Waals surface area (Å²) >= 11 is 0. The predicted molar refractivity (Wildman–Crippen MR) is 69.0 cm³/mol. The lowest BCUT2D eigenvalue weighted by molar-refractivity contribution is 0.0961. The summed E-state index contributed by atoms with van der Waals surface area (Å²) in [5.41, 5.74) is 6.78. The lowest BCUT2D eigenvalue weighted by atomic mass is 10.2. The zero-order valence-electron chi connectivity index (χ0n) is 10.5. The van der Waals surface area contributed by atoms with Crippen LogP contribution >= 0.6 is 0 Å². The molecule has 1 aromatic heterocycles. The third-order valence-electron chi connectivity index (χ3n) is 2.46. The second-order valence-electron chi connectivity index (χ2n) is 4.03. The predicted octanol–water partition coefficient (Wildman–Crippen LogP) is 0.888. The summed E-state index contributed by atoms with van der Waals surface area (Å²) in [6.45, 7) is 5.91. The lowest BCUT2D eigenvalue weighted by Gasteiger charge is -2.29. The number of anilines is 2. The highest BCUT2D eigenvalue weighted by molar-refractivity contribution is 5.63. The van der Waals surface area contributed by atoms with E-state index in [-0.39, 0.29) is 6.61 Å². The molecule has 0 aliphatic rings. The molecule has 0 saturated heterocycles. The second-order valence-corrected chi connectivity index (χ2v) is 4.03. The highest BCUT2D eigenvalue weighted by atomic mass is 16.5. The van der Waals surface area contributed by atoms with Crippen molar-refractivity contribution in [3.8, 4) is 0 Å². The van der Waals surface area contributed by atoms with E-state index in [0.717, 1.165) is 12.2 Å². The van der Waals surface area contributed by atoms with Crippen LogP contribution in [0.1, 0.15) is 13.8 Å². The Bertz CT molecular complexity index is 331. The van der Waals surface area contributed by atoms with Crippen molar-refractivity contribution in [3.63, 3.8) is 0 Å².